The van der Waals surface area contributed by atoms with E-state index in [1.54, 1.807) is 43.5 Å². The number of carbonyl (C=O) groups excluding carboxylic acids is 3. The van der Waals surface area contributed by atoms with Gasteiger partial charge in [0.05, 0.1) is 6.26 Å². The first-order chi connectivity index (χ1) is 19.3. The lowest BCUT2D eigenvalue weighted by molar-refractivity contribution is -0.132. The standard InChI is InChI=1S/C34H32O7/c1-20(2)19-38-30-17-26(13-15-28(30)39-32(35)21(3)4)24-9-11-25(12-10-24)27-14-16-29(40-33(36)22(5)6)31(18-27)41-34(37)23(7)8/h9-19H,3,5,7H2,1-2,4,6,8H3. The minimum absolute atomic E-state index is 0.0788. The molecule has 0 amide bonds. The third-order valence-corrected chi connectivity index (χ3v) is 5.51. The summed E-state index contributed by atoms with van der Waals surface area (Å²) in [5.74, 6) is -1.000. The predicted octanol–water partition coefficient (Wildman–Crippen LogP) is 7.77. The van der Waals surface area contributed by atoms with Crippen molar-refractivity contribution in [3.63, 3.8) is 0 Å². The first-order valence-electron chi connectivity index (χ1n) is 12.7. The summed E-state index contributed by atoms with van der Waals surface area (Å²) < 4.78 is 22.0. The second-order valence-corrected chi connectivity index (χ2v) is 9.72. The largest absolute Gasteiger partial charge is 0.461 e. The van der Waals surface area contributed by atoms with Crippen molar-refractivity contribution in [2.75, 3.05) is 0 Å². The maximum atomic E-state index is 12.2. The molecule has 0 aromatic heterocycles. The Balaban J connectivity index is 1.95. The molecule has 0 aliphatic rings. The molecule has 210 valence electrons. The van der Waals surface area contributed by atoms with Crippen molar-refractivity contribution >= 4 is 17.9 Å². The molecule has 0 unspecified atom stereocenters. The summed E-state index contributed by atoms with van der Waals surface area (Å²) in [7, 11) is 0. The molecule has 0 bridgehead atoms. The van der Waals surface area contributed by atoms with Crippen LogP contribution in [0, 0.1) is 0 Å². The van der Waals surface area contributed by atoms with Gasteiger partial charge in [-0.15, -0.1) is 0 Å². The van der Waals surface area contributed by atoms with E-state index in [1.165, 1.54) is 13.8 Å². The Kier molecular flexibility index (Phi) is 9.82. The second kappa shape index (κ2) is 13.3. The van der Waals surface area contributed by atoms with Crippen LogP contribution >= 0.6 is 0 Å². The Morgan fingerprint density at radius 3 is 1.24 bits per heavy atom. The van der Waals surface area contributed by atoms with Gasteiger partial charge in [-0.05, 0) is 86.7 Å². The summed E-state index contributed by atoms with van der Waals surface area (Å²) in [6.07, 6.45) is 1.58. The quantitative estimate of drug-likeness (QED) is 0.110. The van der Waals surface area contributed by atoms with E-state index in [0.717, 1.165) is 27.8 Å². The number of hydrogen-bond acceptors (Lipinski definition) is 7. The fourth-order valence-corrected chi connectivity index (χ4v) is 3.31. The monoisotopic (exact) mass is 552 g/mol. The normalized spacial score (nSPS) is 10.2. The van der Waals surface area contributed by atoms with Crippen molar-refractivity contribution in [2.45, 2.75) is 34.6 Å². The number of hydrogen-bond donors (Lipinski definition) is 0. The van der Waals surface area contributed by atoms with Gasteiger partial charge in [0.25, 0.3) is 0 Å². The molecule has 41 heavy (non-hydrogen) atoms. The van der Waals surface area contributed by atoms with Crippen molar-refractivity contribution in [3.05, 3.63) is 109 Å². The number of esters is 3. The highest BCUT2D eigenvalue weighted by atomic mass is 16.6. The van der Waals surface area contributed by atoms with Crippen LogP contribution in [0.4, 0.5) is 0 Å². The molecule has 3 aromatic rings. The van der Waals surface area contributed by atoms with Crippen LogP contribution in [-0.4, -0.2) is 17.9 Å². The predicted molar refractivity (Wildman–Crippen MR) is 159 cm³/mol. The molecule has 7 heteroatoms. The van der Waals surface area contributed by atoms with Crippen LogP contribution < -0.4 is 18.9 Å². The highest BCUT2D eigenvalue weighted by Gasteiger charge is 2.17. The zero-order valence-corrected chi connectivity index (χ0v) is 23.8. The van der Waals surface area contributed by atoms with Gasteiger partial charge in [0.2, 0.25) is 0 Å². The molecule has 0 heterocycles. The first kappa shape index (κ1) is 30.4. The van der Waals surface area contributed by atoms with Crippen LogP contribution in [0.5, 0.6) is 23.0 Å². The summed E-state index contributed by atoms with van der Waals surface area (Å²) in [6, 6.07) is 17.9. The van der Waals surface area contributed by atoms with Gasteiger partial charge in [0.15, 0.2) is 23.0 Å². The number of rotatable bonds is 10. The SMILES string of the molecule is C=C(C)C(=O)Oc1ccc(-c2ccc(-c3ccc(OC(=O)C(=C)C)c(OC(=O)C(=C)C)c3)cc2)cc1OC=C(C)C. The van der Waals surface area contributed by atoms with Crippen LogP contribution in [0.2, 0.25) is 0 Å². The van der Waals surface area contributed by atoms with Crippen LogP contribution in [0.3, 0.4) is 0 Å². The molecule has 0 N–H and O–H groups in total. The van der Waals surface area contributed by atoms with Gasteiger partial charge in [-0.2, -0.15) is 0 Å². The van der Waals surface area contributed by atoms with Gasteiger partial charge < -0.3 is 18.9 Å². The van der Waals surface area contributed by atoms with Crippen molar-refractivity contribution in [2.24, 2.45) is 0 Å². The second-order valence-electron chi connectivity index (χ2n) is 9.72. The van der Waals surface area contributed by atoms with Crippen LogP contribution in [-0.2, 0) is 14.4 Å². The molecular weight excluding hydrogens is 520 g/mol. The van der Waals surface area contributed by atoms with Crippen LogP contribution in [0.1, 0.15) is 34.6 Å². The maximum Gasteiger partial charge on any atom is 0.338 e. The summed E-state index contributed by atoms with van der Waals surface area (Å²) in [4.78, 5) is 36.4. The number of benzene rings is 3. The first-order valence-corrected chi connectivity index (χ1v) is 12.7. The lowest BCUT2D eigenvalue weighted by atomic mass is 9.99. The number of ether oxygens (including phenoxy) is 4. The molecular formula is C34H32O7. The van der Waals surface area contributed by atoms with Gasteiger partial charge in [-0.25, -0.2) is 14.4 Å². The maximum absolute atomic E-state index is 12.2. The molecule has 0 radical (unpaired) electrons. The highest BCUT2D eigenvalue weighted by Crippen LogP contribution is 2.36. The van der Waals surface area contributed by atoms with E-state index in [-0.39, 0.29) is 34.0 Å². The van der Waals surface area contributed by atoms with Gasteiger partial charge in [-0.3, -0.25) is 0 Å². The molecule has 0 spiro atoms. The zero-order chi connectivity index (χ0) is 30.3. The molecule has 0 saturated heterocycles. The molecule has 0 saturated carbocycles. The highest BCUT2D eigenvalue weighted by molar-refractivity contribution is 5.92. The average Bonchev–Trinajstić information content (AvgIpc) is 2.93. The summed E-state index contributed by atoms with van der Waals surface area (Å²) in [5.41, 5.74) is 4.89. The van der Waals surface area contributed by atoms with Crippen molar-refractivity contribution in [1.29, 1.82) is 0 Å². The molecule has 0 atom stereocenters. The fourth-order valence-electron chi connectivity index (χ4n) is 3.31. The summed E-state index contributed by atoms with van der Waals surface area (Å²) in [6.45, 7) is 19.2. The minimum Gasteiger partial charge on any atom is -0.461 e. The number of carbonyl (C=O) groups is 3. The molecule has 0 aliphatic carbocycles. The van der Waals surface area contributed by atoms with Crippen molar-refractivity contribution in [3.8, 4) is 45.3 Å². The average molecular weight is 553 g/mol. The van der Waals surface area contributed by atoms with Crippen LogP contribution in [0.15, 0.2) is 109 Å². The molecule has 0 aliphatic heterocycles. The third kappa shape index (κ3) is 8.16. The topological polar surface area (TPSA) is 88.1 Å². The molecule has 3 rings (SSSR count). The zero-order valence-electron chi connectivity index (χ0n) is 23.8. The lowest BCUT2D eigenvalue weighted by Crippen LogP contribution is -2.12. The van der Waals surface area contributed by atoms with E-state index in [0.29, 0.717) is 5.75 Å². The Labute approximate surface area is 240 Å². The van der Waals surface area contributed by atoms with Gasteiger partial charge in [0, 0.05) is 16.7 Å². The Morgan fingerprint density at radius 1 is 0.512 bits per heavy atom. The van der Waals surface area contributed by atoms with Crippen molar-refractivity contribution < 1.29 is 33.3 Å². The van der Waals surface area contributed by atoms with E-state index in [9.17, 15) is 14.4 Å². The van der Waals surface area contributed by atoms with E-state index in [1.807, 2.05) is 44.2 Å². The molecule has 0 fully saturated rings. The molecule has 3 aromatic carbocycles. The smallest absolute Gasteiger partial charge is 0.338 e. The minimum atomic E-state index is -0.645. The van der Waals surface area contributed by atoms with E-state index in [2.05, 4.69) is 19.7 Å². The van der Waals surface area contributed by atoms with Gasteiger partial charge >= 0.3 is 17.9 Å². The van der Waals surface area contributed by atoms with E-state index < -0.39 is 17.9 Å². The Morgan fingerprint density at radius 2 is 0.854 bits per heavy atom. The number of allylic oxidation sites excluding steroid dienone is 1. The van der Waals surface area contributed by atoms with E-state index >= 15 is 0 Å². The van der Waals surface area contributed by atoms with Gasteiger partial charge in [0.1, 0.15) is 0 Å². The Bertz CT molecular complexity index is 1570. The summed E-state index contributed by atoms with van der Waals surface area (Å²) >= 11 is 0. The van der Waals surface area contributed by atoms with Crippen molar-refractivity contribution in [1.82, 2.24) is 0 Å². The lowest BCUT2D eigenvalue weighted by Gasteiger charge is -2.13. The third-order valence-electron chi connectivity index (χ3n) is 5.51. The van der Waals surface area contributed by atoms with E-state index in [4.69, 9.17) is 18.9 Å². The Hall–Kier alpha value is -5.17. The van der Waals surface area contributed by atoms with Crippen LogP contribution in [0.25, 0.3) is 22.3 Å². The summed E-state index contributed by atoms with van der Waals surface area (Å²) in [5, 5.41) is 0. The molecule has 7 nitrogen and oxygen atoms in total. The fraction of sp³-hybridized carbons (Fsp3) is 0.147. The van der Waals surface area contributed by atoms with Gasteiger partial charge in [-0.1, -0.05) is 56.1 Å².